The monoisotopic (exact) mass is 395 g/mol. The van der Waals surface area contributed by atoms with E-state index in [-0.39, 0.29) is 17.0 Å². The van der Waals surface area contributed by atoms with Gasteiger partial charge in [0.2, 0.25) is 0 Å². The molecule has 1 aromatic heterocycles. The van der Waals surface area contributed by atoms with Gasteiger partial charge in [0.05, 0.1) is 5.02 Å². The number of thiophene rings is 1. The quantitative estimate of drug-likeness (QED) is 0.533. The number of halogens is 2. The molecule has 8 heteroatoms. The van der Waals surface area contributed by atoms with E-state index in [0.29, 0.717) is 25.9 Å². The standard InChI is InChI=1S/C17H11Cl2NO4S/c1-7-4-9(6-11(14(7)21)17(23)24)20-16(22)15-13(19)10-3-2-8(18)5-12(10)25-15/h2-6,21H,1H3,(H,20,22)(H,23,24). The maximum absolute atomic E-state index is 12.5. The summed E-state index contributed by atoms with van der Waals surface area (Å²) < 4.78 is 0.774. The van der Waals surface area contributed by atoms with Gasteiger partial charge in [-0.25, -0.2) is 4.79 Å². The van der Waals surface area contributed by atoms with E-state index in [9.17, 15) is 14.7 Å². The summed E-state index contributed by atoms with van der Waals surface area (Å²) in [6.45, 7) is 1.55. The van der Waals surface area contributed by atoms with E-state index >= 15 is 0 Å². The molecule has 5 nitrogen and oxygen atoms in total. The predicted molar refractivity (Wildman–Crippen MR) is 99.6 cm³/mol. The Hall–Kier alpha value is -2.28. The molecule has 128 valence electrons. The van der Waals surface area contributed by atoms with Crippen LogP contribution < -0.4 is 5.32 Å². The number of aromatic hydroxyl groups is 1. The van der Waals surface area contributed by atoms with E-state index in [4.69, 9.17) is 28.3 Å². The summed E-state index contributed by atoms with van der Waals surface area (Å²) in [5, 5.41) is 23.1. The number of carboxylic acid groups (broad SMARTS) is 1. The number of phenols is 1. The highest BCUT2D eigenvalue weighted by Crippen LogP contribution is 2.37. The summed E-state index contributed by atoms with van der Waals surface area (Å²) >= 11 is 13.4. The van der Waals surface area contributed by atoms with E-state index in [1.165, 1.54) is 23.5 Å². The number of nitrogens with one attached hydrogen (secondary N) is 1. The third-order valence-corrected chi connectivity index (χ3v) is 5.48. The van der Waals surface area contributed by atoms with Crippen molar-refractivity contribution >= 4 is 62.2 Å². The number of carboxylic acids is 1. The smallest absolute Gasteiger partial charge is 0.339 e. The summed E-state index contributed by atoms with van der Waals surface area (Å²) in [5.74, 6) is -2.09. The minimum absolute atomic E-state index is 0.254. The summed E-state index contributed by atoms with van der Waals surface area (Å²) in [6, 6.07) is 7.82. The maximum atomic E-state index is 12.5. The lowest BCUT2D eigenvalue weighted by atomic mass is 10.1. The van der Waals surface area contributed by atoms with Gasteiger partial charge in [-0.3, -0.25) is 4.79 Å². The first-order valence-corrected chi connectivity index (χ1v) is 8.61. The summed E-state index contributed by atoms with van der Waals surface area (Å²) in [5.41, 5.74) is 0.304. The van der Waals surface area contributed by atoms with Gasteiger partial charge < -0.3 is 15.5 Å². The second-order valence-electron chi connectivity index (χ2n) is 5.33. The number of anilines is 1. The number of aryl methyl sites for hydroxylation is 1. The normalized spacial score (nSPS) is 10.8. The zero-order chi connectivity index (χ0) is 18.3. The number of carbonyl (C=O) groups excluding carboxylic acids is 1. The van der Waals surface area contributed by atoms with E-state index in [1.807, 2.05) is 0 Å². The van der Waals surface area contributed by atoms with Gasteiger partial charge in [-0.1, -0.05) is 29.3 Å². The van der Waals surface area contributed by atoms with Crippen LogP contribution in [0, 0.1) is 6.92 Å². The Kier molecular flexibility index (Phi) is 4.60. The van der Waals surface area contributed by atoms with Crippen LogP contribution in [0.5, 0.6) is 5.75 Å². The fourth-order valence-corrected chi connectivity index (χ4v) is 4.08. The molecule has 0 bridgehead atoms. The van der Waals surface area contributed by atoms with Crippen molar-refractivity contribution in [2.24, 2.45) is 0 Å². The molecule has 0 saturated heterocycles. The lowest BCUT2D eigenvalue weighted by Crippen LogP contribution is -2.11. The Bertz CT molecular complexity index is 1030. The summed E-state index contributed by atoms with van der Waals surface area (Å²) in [7, 11) is 0. The number of hydrogen-bond donors (Lipinski definition) is 3. The lowest BCUT2D eigenvalue weighted by Gasteiger charge is -2.09. The molecule has 0 aliphatic rings. The van der Waals surface area contributed by atoms with E-state index in [0.717, 1.165) is 4.70 Å². The maximum Gasteiger partial charge on any atom is 0.339 e. The van der Waals surface area contributed by atoms with Gasteiger partial charge in [0.25, 0.3) is 5.91 Å². The largest absolute Gasteiger partial charge is 0.507 e. The topological polar surface area (TPSA) is 86.6 Å². The Labute approximate surface area is 156 Å². The van der Waals surface area contributed by atoms with Crippen molar-refractivity contribution in [3.05, 3.63) is 56.4 Å². The molecule has 0 aliphatic carbocycles. The minimum Gasteiger partial charge on any atom is -0.507 e. The lowest BCUT2D eigenvalue weighted by molar-refractivity contribution is 0.0693. The number of amides is 1. The predicted octanol–water partition coefficient (Wildman–Crippen LogP) is 5.17. The van der Waals surface area contributed by atoms with Gasteiger partial charge in [-0.15, -0.1) is 11.3 Å². The third kappa shape index (κ3) is 3.28. The number of fused-ring (bicyclic) bond motifs is 1. The molecular weight excluding hydrogens is 385 g/mol. The first-order chi connectivity index (χ1) is 11.8. The molecule has 25 heavy (non-hydrogen) atoms. The van der Waals surface area contributed by atoms with Gasteiger partial charge in [0.1, 0.15) is 16.2 Å². The van der Waals surface area contributed by atoms with Crippen LogP contribution in [0.25, 0.3) is 10.1 Å². The fourth-order valence-electron chi connectivity index (χ4n) is 2.39. The zero-order valence-electron chi connectivity index (χ0n) is 12.8. The highest BCUT2D eigenvalue weighted by molar-refractivity contribution is 7.21. The van der Waals surface area contributed by atoms with Crippen LogP contribution in [0.2, 0.25) is 10.0 Å². The third-order valence-electron chi connectivity index (χ3n) is 3.59. The van der Waals surface area contributed by atoms with Gasteiger partial charge >= 0.3 is 5.97 Å². The van der Waals surface area contributed by atoms with E-state index < -0.39 is 11.9 Å². The van der Waals surface area contributed by atoms with Crippen LogP contribution in [0.4, 0.5) is 5.69 Å². The number of benzene rings is 2. The van der Waals surface area contributed by atoms with Gasteiger partial charge in [0.15, 0.2) is 0 Å². The molecule has 0 spiro atoms. The van der Waals surface area contributed by atoms with Crippen molar-refractivity contribution in [3.63, 3.8) is 0 Å². The van der Waals surface area contributed by atoms with Crippen molar-refractivity contribution in [1.29, 1.82) is 0 Å². The molecule has 0 atom stereocenters. The van der Waals surface area contributed by atoms with Gasteiger partial charge in [-0.2, -0.15) is 0 Å². The second-order valence-corrected chi connectivity index (χ2v) is 7.20. The molecule has 3 N–H and O–H groups in total. The Balaban J connectivity index is 1.98. The molecule has 3 aromatic rings. The van der Waals surface area contributed by atoms with Crippen molar-refractivity contribution in [3.8, 4) is 5.75 Å². The van der Waals surface area contributed by atoms with Crippen LogP contribution in [0.3, 0.4) is 0 Å². The fraction of sp³-hybridized carbons (Fsp3) is 0.0588. The molecule has 0 fully saturated rings. The Morgan fingerprint density at radius 2 is 1.88 bits per heavy atom. The SMILES string of the molecule is Cc1cc(NC(=O)c2sc3cc(Cl)ccc3c2Cl)cc(C(=O)O)c1O. The van der Waals surface area contributed by atoms with Gasteiger partial charge in [0, 0.05) is 20.8 Å². The van der Waals surface area contributed by atoms with Crippen LogP contribution in [0.1, 0.15) is 25.6 Å². The molecule has 0 unspecified atom stereocenters. The van der Waals surface area contributed by atoms with E-state index in [2.05, 4.69) is 5.32 Å². The second kappa shape index (κ2) is 6.55. The highest BCUT2D eigenvalue weighted by atomic mass is 35.5. The average molecular weight is 396 g/mol. The first kappa shape index (κ1) is 17.5. The number of aromatic carboxylic acids is 1. The van der Waals surface area contributed by atoms with Gasteiger partial charge in [-0.05, 0) is 36.8 Å². The Morgan fingerprint density at radius 1 is 1.16 bits per heavy atom. The minimum atomic E-state index is -1.29. The van der Waals surface area contributed by atoms with Crippen LogP contribution >= 0.6 is 34.5 Å². The summed E-state index contributed by atoms with van der Waals surface area (Å²) in [4.78, 5) is 24.0. The molecule has 1 amide bonds. The highest BCUT2D eigenvalue weighted by Gasteiger charge is 2.19. The first-order valence-electron chi connectivity index (χ1n) is 7.03. The van der Waals surface area contributed by atoms with Crippen molar-refractivity contribution < 1.29 is 19.8 Å². The number of rotatable bonds is 3. The van der Waals surface area contributed by atoms with Crippen molar-refractivity contribution in [2.75, 3.05) is 5.32 Å². The van der Waals surface area contributed by atoms with E-state index in [1.54, 1.807) is 25.1 Å². The molecule has 2 aromatic carbocycles. The zero-order valence-corrected chi connectivity index (χ0v) is 15.1. The molecule has 0 aliphatic heterocycles. The number of carbonyl (C=O) groups is 2. The number of hydrogen-bond acceptors (Lipinski definition) is 4. The molecule has 3 rings (SSSR count). The van der Waals surface area contributed by atoms with Crippen molar-refractivity contribution in [1.82, 2.24) is 0 Å². The van der Waals surface area contributed by atoms with Crippen molar-refractivity contribution in [2.45, 2.75) is 6.92 Å². The van der Waals surface area contributed by atoms with Crippen LogP contribution in [0.15, 0.2) is 30.3 Å². The Morgan fingerprint density at radius 3 is 2.56 bits per heavy atom. The van der Waals surface area contributed by atoms with Crippen LogP contribution in [-0.4, -0.2) is 22.1 Å². The summed E-state index contributed by atoms with van der Waals surface area (Å²) in [6.07, 6.45) is 0. The van der Waals surface area contributed by atoms with Crippen LogP contribution in [-0.2, 0) is 0 Å². The molecule has 0 saturated carbocycles. The molecule has 0 radical (unpaired) electrons. The molecular formula is C17H11Cl2NO4S. The molecule has 1 heterocycles. The average Bonchev–Trinajstić information content (AvgIpc) is 2.86.